The number of rotatable bonds is 0. The highest BCUT2D eigenvalue weighted by molar-refractivity contribution is 7.11. The van der Waals surface area contributed by atoms with Crippen LogP contribution in [0, 0.1) is 55.4 Å². The van der Waals surface area contributed by atoms with Crippen LogP contribution in [-0.4, -0.2) is 39.9 Å². The van der Waals surface area contributed by atoms with Crippen molar-refractivity contribution in [1.29, 1.82) is 0 Å². The number of nitrogens with zero attached hydrogens (tertiary/aromatic N) is 8. The maximum atomic E-state index is 4.86. The molecule has 0 unspecified atom stereocenters. The number of hydrogen-bond donors (Lipinski definition) is 0. The molecule has 0 fully saturated rings. The van der Waals surface area contributed by atoms with Crippen LogP contribution >= 0.6 is 22.9 Å². The van der Waals surface area contributed by atoms with Crippen molar-refractivity contribution in [2.24, 2.45) is 0 Å². The Balaban J connectivity index is 0.000000187. The molecule has 152 valence electrons. The van der Waals surface area contributed by atoms with E-state index >= 15 is 0 Å². The van der Waals surface area contributed by atoms with Crippen molar-refractivity contribution in [3.63, 3.8) is 0 Å². The second-order valence-corrected chi connectivity index (χ2v) is 7.74. The third-order valence-corrected chi connectivity index (χ3v) is 3.98. The smallest absolute Gasteiger partial charge is 0.223 e. The van der Waals surface area contributed by atoms with E-state index in [1.807, 2.05) is 27.7 Å². The molecule has 0 saturated heterocycles. The van der Waals surface area contributed by atoms with Crippen molar-refractivity contribution < 1.29 is 8.94 Å². The third kappa shape index (κ3) is 10.5. The molecule has 0 aliphatic carbocycles. The van der Waals surface area contributed by atoms with Crippen LogP contribution in [0.2, 0.25) is 0 Å². The van der Waals surface area contributed by atoms with Crippen LogP contribution in [0.15, 0.2) is 8.94 Å². The zero-order chi connectivity index (χ0) is 21.1. The van der Waals surface area contributed by atoms with Crippen LogP contribution in [0.1, 0.15) is 44.3 Å². The van der Waals surface area contributed by atoms with Gasteiger partial charge in [0.1, 0.15) is 20.8 Å². The van der Waals surface area contributed by atoms with E-state index in [-0.39, 0.29) is 0 Å². The molecule has 4 aromatic heterocycles. The molecule has 0 spiro atoms. The Morgan fingerprint density at radius 3 is 1.32 bits per heavy atom. The SMILES string of the molecule is Cc1nnc(C)o1.Cc1nnc(C)s1.Cc1noc(C)n1.Cc1nsc(C)n1. The van der Waals surface area contributed by atoms with Gasteiger partial charge in [-0.3, -0.25) is 0 Å². The summed E-state index contributed by atoms with van der Waals surface area (Å²) >= 11 is 3.06. The fraction of sp³-hybridized carbons (Fsp3) is 0.500. The molecule has 0 aromatic carbocycles. The minimum Gasteiger partial charge on any atom is -0.426 e. The predicted octanol–water partition coefficient (Wildman–Crippen LogP) is 3.68. The summed E-state index contributed by atoms with van der Waals surface area (Å²) in [5.41, 5.74) is 0. The average Bonchev–Trinajstić information content (AvgIpc) is 3.37. The number of aryl methyl sites for hydroxylation is 8. The van der Waals surface area contributed by atoms with E-state index in [1.54, 1.807) is 39.0 Å². The molecule has 28 heavy (non-hydrogen) atoms. The molecular formula is C16H24N8O2S2. The first-order valence-electron chi connectivity index (χ1n) is 8.23. The predicted molar refractivity (Wildman–Crippen MR) is 106 cm³/mol. The first-order valence-corrected chi connectivity index (χ1v) is 9.82. The molecule has 12 heteroatoms. The minimum atomic E-state index is 0.623. The first-order chi connectivity index (χ1) is 13.2. The summed E-state index contributed by atoms with van der Waals surface area (Å²) < 4.78 is 13.4. The Bertz CT molecular complexity index is 725. The van der Waals surface area contributed by atoms with Gasteiger partial charge in [0, 0.05) is 20.8 Å². The summed E-state index contributed by atoms with van der Waals surface area (Å²) in [5, 5.41) is 21.4. The summed E-state index contributed by atoms with van der Waals surface area (Å²) in [5.74, 6) is 3.44. The lowest BCUT2D eigenvalue weighted by Gasteiger charge is -1.70. The zero-order valence-electron chi connectivity index (χ0n) is 17.2. The van der Waals surface area contributed by atoms with Crippen LogP contribution in [0.25, 0.3) is 0 Å². The lowest BCUT2D eigenvalue weighted by atomic mass is 10.7. The van der Waals surface area contributed by atoms with Crippen LogP contribution in [0.3, 0.4) is 0 Å². The quantitative estimate of drug-likeness (QED) is 0.412. The number of hydrogen-bond acceptors (Lipinski definition) is 12. The fourth-order valence-corrected chi connectivity index (χ4v) is 2.66. The molecule has 4 aromatic rings. The van der Waals surface area contributed by atoms with Crippen LogP contribution in [-0.2, 0) is 0 Å². The molecule has 0 aliphatic heterocycles. The summed E-state index contributed by atoms with van der Waals surface area (Å²) in [6.07, 6.45) is 0. The van der Waals surface area contributed by atoms with Gasteiger partial charge in [-0.2, -0.15) is 9.36 Å². The van der Waals surface area contributed by atoms with Gasteiger partial charge in [-0.05, 0) is 46.2 Å². The van der Waals surface area contributed by atoms with Crippen molar-refractivity contribution in [2.75, 3.05) is 0 Å². The molecule has 0 N–H and O–H groups in total. The second kappa shape index (κ2) is 12.0. The Hall–Kier alpha value is -2.60. The highest BCUT2D eigenvalue weighted by Crippen LogP contribution is 2.04. The second-order valence-electron chi connectivity index (χ2n) is 5.40. The normalized spacial score (nSPS) is 9.43. The summed E-state index contributed by atoms with van der Waals surface area (Å²) in [6.45, 7) is 14.8. The topological polar surface area (TPSA) is 129 Å². The molecule has 10 nitrogen and oxygen atoms in total. The van der Waals surface area contributed by atoms with Gasteiger partial charge in [-0.1, -0.05) is 5.16 Å². The van der Waals surface area contributed by atoms with Crippen molar-refractivity contribution >= 4 is 22.9 Å². The lowest BCUT2D eigenvalue weighted by Crippen LogP contribution is -1.70. The Morgan fingerprint density at radius 2 is 1.18 bits per heavy atom. The molecule has 0 radical (unpaired) electrons. The van der Waals surface area contributed by atoms with E-state index in [1.165, 1.54) is 11.5 Å². The van der Waals surface area contributed by atoms with Crippen molar-refractivity contribution in [1.82, 2.24) is 39.9 Å². The Kier molecular flexibility index (Phi) is 10.0. The van der Waals surface area contributed by atoms with E-state index in [0.29, 0.717) is 23.5 Å². The largest absolute Gasteiger partial charge is 0.426 e. The fourth-order valence-electron chi connectivity index (χ4n) is 1.59. The van der Waals surface area contributed by atoms with Crippen molar-refractivity contribution in [3.8, 4) is 0 Å². The standard InChI is InChI=1S/2C4H6N2O.2C4H6N2S/c1-3-5-6-4(2)7-3;1-3-5-4(2)7-6-3;1-3-5-6-4(2)7-3;1-3-5-4(2)7-6-3/h4*1-2H3. The average molecular weight is 425 g/mol. The molecule has 4 rings (SSSR count). The van der Waals surface area contributed by atoms with E-state index in [2.05, 4.69) is 44.4 Å². The van der Waals surface area contributed by atoms with Crippen LogP contribution < -0.4 is 0 Å². The monoisotopic (exact) mass is 424 g/mol. The van der Waals surface area contributed by atoms with Crippen LogP contribution in [0.5, 0.6) is 0 Å². The summed E-state index contributed by atoms with van der Waals surface area (Å²) in [7, 11) is 0. The molecule has 0 aliphatic rings. The van der Waals surface area contributed by atoms with Crippen molar-refractivity contribution in [3.05, 3.63) is 44.3 Å². The van der Waals surface area contributed by atoms with Gasteiger partial charge >= 0.3 is 0 Å². The first kappa shape index (κ1) is 23.4. The van der Waals surface area contributed by atoms with Gasteiger partial charge in [-0.25, -0.2) is 4.98 Å². The molecule has 0 saturated carbocycles. The highest BCUT2D eigenvalue weighted by Gasteiger charge is 1.91. The van der Waals surface area contributed by atoms with Gasteiger partial charge < -0.3 is 8.94 Å². The Labute approximate surface area is 171 Å². The third-order valence-electron chi connectivity index (χ3n) is 2.51. The minimum absolute atomic E-state index is 0.623. The number of aromatic nitrogens is 8. The van der Waals surface area contributed by atoms with Crippen LogP contribution in [0.4, 0.5) is 0 Å². The molecule has 0 amide bonds. The zero-order valence-corrected chi connectivity index (χ0v) is 18.8. The van der Waals surface area contributed by atoms with E-state index in [9.17, 15) is 0 Å². The Morgan fingerprint density at radius 1 is 0.607 bits per heavy atom. The van der Waals surface area contributed by atoms with E-state index < -0.39 is 0 Å². The maximum absolute atomic E-state index is 4.86. The van der Waals surface area contributed by atoms with Gasteiger partial charge in [-0.15, -0.1) is 31.7 Å². The molecule has 0 atom stereocenters. The lowest BCUT2D eigenvalue weighted by molar-refractivity contribution is 0.389. The summed E-state index contributed by atoms with van der Waals surface area (Å²) in [6, 6.07) is 0. The maximum Gasteiger partial charge on any atom is 0.223 e. The van der Waals surface area contributed by atoms with Gasteiger partial charge in [0.25, 0.3) is 0 Å². The summed E-state index contributed by atoms with van der Waals surface area (Å²) in [4.78, 5) is 7.85. The molecule has 0 bridgehead atoms. The van der Waals surface area contributed by atoms with Crippen molar-refractivity contribution in [2.45, 2.75) is 55.4 Å². The van der Waals surface area contributed by atoms with Gasteiger partial charge in [0.2, 0.25) is 17.7 Å². The van der Waals surface area contributed by atoms with E-state index in [4.69, 9.17) is 4.42 Å². The van der Waals surface area contributed by atoms with Gasteiger partial charge in [0.15, 0.2) is 5.82 Å². The highest BCUT2D eigenvalue weighted by atomic mass is 32.1. The van der Waals surface area contributed by atoms with E-state index in [0.717, 1.165) is 20.8 Å². The molecule has 4 heterocycles. The molecular weight excluding hydrogens is 400 g/mol. The van der Waals surface area contributed by atoms with Gasteiger partial charge in [0.05, 0.1) is 0 Å².